The van der Waals surface area contributed by atoms with Gasteiger partial charge in [0.1, 0.15) is 5.82 Å². The number of aromatic nitrogens is 3. The SMILES string of the molecule is Cc1ccc(NCc2nc(C)c(C)[nH]2)c(C)n1. The van der Waals surface area contributed by atoms with Gasteiger partial charge in [0.05, 0.1) is 23.6 Å². The molecule has 0 radical (unpaired) electrons. The van der Waals surface area contributed by atoms with E-state index in [4.69, 9.17) is 0 Å². The first-order chi connectivity index (χ1) is 8.06. The topological polar surface area (TPSA) is 53.6 Å². The highest BCUT2D eigenvalue weighted by molar-refractivity contribution is 5.47. The molecule has 90 valence electrons. The first kappa shape index (κ1) is 11.6. The van der Waals surface area contributed by atoms with Gasteiger partial charge in [-0.1, -0.05) is 0 Å². The molecule has 0 spiro atoms. The summed E-state index contributed by atoms with van der Waals surface area (Å²) in [5.74, 6) is 0.958. The van der Waals surface area contributed by atoms with Crippen molar-refractivity contribution in [3.63, 3.8) is 0 Å². The molecule has 0 aliphatic carbocycles. The third-order valence-corrected chi connectivity index (χ3v) is 2.85. The molecule has 0 unspecified atom stereocenters. The molecule has 2 aromatic heterocycles. The third kappa shape index (κ3) is 2.64. The van der Waals surface area contributed by atoms with E-state index in [1.165, 1.54) is 0 Å². The molecule has 4 heteroatoms. The van der Waals surface area contributed by atoms with E-state index in [-0.39, 0.29) is 0 Å². The van der Waals surface area contributed by atoms with Gasteiger partial charge in [-0.3, -0.25) is 4.98 Å². The van der Waals surface area contributed by atoms with Crippen LogP contribution in [0.1, 0.15) is 28.6 Å². The van der Waals surface area contributed by atoms with Crippen LogP contribution in [0.2, 0.25) is 0 Å². The first-order valence-electron chi connectivity index (χ1n) is 5.76. The van der Waals surface area contributed by atoms with Crippen LogP contribution in [0.25, 0.3) is 0 Å². The summed E-state index contributed by atoms with van der Waals surface area (Å²) in [7, 11) is 0. The van der Waals surface area contributed by atoms with Crippen LogP contribution in [0.15, 0.2) is 12.1 Å². The van der Waals surface area contributed by atoms with E-state index >= 15 is 0 Å². The second kappa shape index (κ2) is 4.57. The summed E-state index contributed by atoms with van der Waals surface area (Å²) in [5, 5.41) is 3.34. The highest BCUT2D eigenvalue weighted by Gasteiger charge is 2.03. The fourth-order valence-electron chi connectivity index (χ4n) is 1.76. The summed E-state index contributed by atoms with van der Waals surface area (Å²) >= 11 is 0. The zero-order valence-electron chi connectivity index (χ0n) is 10.8. The molecule has 0 atom stereocenters. The number of aromatic amines is 1. The van der Waals surface area contributed by atoms with Crippen LogP contribution in [0.4, 0.5) is 5.69 Å². The maximum Gasteiger partial charge on any atom is 0.125 e. The van der Waals surface area contributed by atoms with E-state index in [9.17, 15) is 0 Å². The minimum absolute atomic E-state index is 0.695. The Kier molecular flexibility index (Phi) is 3.13. The second-order valence-corrected chi connectivity index (χ2v) is 4.33. The Morgan fingerprint density at radius 2 is 1.82 bits per heavy atom. The largest absolute Gasteiger partial charge is 0.376 e. The number of aryl methyl sites for hydroxylation is 4. The van der Waals surface area contributed by atoms with Crippen LogP contribution in [0.3, 0.4) is 0 Å². The molecular weight excluding hydrogens is 212 g/mol. The Balaban J connectivity index is 2.07. The van der Waals surface area contributed by atoms with Gasteiger partial charge >= 0.3 is 0 Å². The number of anilines is 1. The zero-order chi connectivity index (χ0) is 12.4. The van der Waals surface area contributed by atoms with Gasteiger partial charge in [-0.05, 0) is 39.8 Å². The van der Waals surface area contributed by atoms with Crippen LogP contribution in [0.5, 0.6) is 0 Å². The van der Waals surface area contributed by atoms with E-state index in [1.807, 2.05) is 33.8 Å². The summed E-state index contributed by atoms with van der Waals surface area (Å²) < 4.78 is 0. The summed E-state index contributed by atoms with van der Waals surface area (Å²) in [6.07, 6.45) is 0. The van der Waals surface area contributed by atoms with Gasteiger partial charge in [-0.15, -0.1) is 0 Å². The van der Waals surface area contributed by atoms with E-state index in [1.54, 1.807) is 0 Å². The highest BCUT2D eigenvalue weighted by Crippen LogP contribution is 2.13. The van der Waals surface area contributed by atoms with Crippen LogP contribution < -0.4 is 5.32 Å². The normalized spacial score (nSPS) is 10.6. The van der Waals surface area contributed by atoms with Gasteiger partial charge in [0.2, 0.25) is 0 Å². The van der Waals surface area contributed by atoms with Gasteiger partial charge in [-0.25, -0.2) is 4.98 Å². The lowest BCUT2D eigenvalue weighted by Crippen LogP contribution is -2.04. The maximum absolute atomic E-state index is 4.43. The monoisotopic (exact) mass is 230 g/mol. The van der Waals surface area contributed by atoms with Crippen molar-refractivity contribution in [2.45, 2.75) is 34.2 Å². The van der Waals surface area contributed by atoms with Crippen molar-refractivity contribution in [3.8, 4) is 0 Å². The van der Waals surface area contributed by atoms with Crippen molar-refractivity contribution >= 4 is 5.69 Å². The Morgan fingerprint density at radius 3 is 2.41 bits per heavy atom. The number of H-pyrrole nitrogens is 1. The van der Waals surface area contributed by atoms with Crippen molar-refractivity contribution in [3.05, 3.63) is 40.7 Å². The lowest BCUT2D eigenvalue weighted by atomic mass is 10.3. The molecule has 0 aromatic carbocycles. The molecule has 2 rings (SSSR count). The molecular formula is C13H18N4. The predicted octanol–water partition coefficient (Wildman–Crippen LogP) is 2.65. The second-order valence-electron chi connectivity index (χ2n) is 4.33. The van der Waals surface area contributed by atoms with E-state index in [0.717, 1.165) is 34.3 Å². The standard InChI is InChI=1S/C13H18N4/c1-8-5-6-12(11(4)15-8)14-7-13-16-9(2)10(3)17-13/h5-6,14H,7H2,1-4H3,(H,16,17). The van der Waals surface area contributed by atoms with E-state index < -0.39 is 0 Å². The van der Waals surface area contributed by atoms with Gasteiger partial charge in [0.15, 0.2) is 0 Å². The Morgan fingerprint density at radius 1 is 1.06 bits per heavy atom. The number of hydrogen-bond acceptors (Lipinski definition) is 3. The minimum Gasteiger partial charge on any atom is -0.376 e. The van der Waals surface area contributed by atoms with E-state index in [2.05, 4.69) is 26.3 Å². The number of imidazole rings is 1. The number of rotatable bonds is 3. The highest BCUT2D eigenvalue weighted by atomic mass is 15.0. The molecule has 0 aliphatic rings. The molecule has 0 fully saturated rings. The number of hydrogen-bond donors (Lipinski definition) is 2. The molecule has 17 heavy (non-hydrogen) atoms. The Bertz CT molecular complexity index is 509. The third-order valence-electron chi connectivity index (χ3n) is 2.85. The van der Waals surface area contributed by atoms with Crippen molar-refractivity contribution in [1.82, 2.24) is 15.0 Å². The van der Waals surface area contributed by atoms with Crippen LogP contribution in [-0.4, -0.2) is 15.0 Å². The fraction of sp³-hybridized carbons (Fsp3) is 0.385. The number of pyridine rings is 1. The lowest BCUT2D eigenvalue weighted by molar-refractivity contribution is 0.978. The lowest BCUT2D eigenvalue weighted by Gasteiger charge is -2.07. The van der Waals surface area contributed by atoms with Crippen LogP contribution in [-0.2, 0) is 6.54 Å². The van der Waals surface area contributed by atoms with Crippen LogP contribution in [0, 0.1) is 27.7 Å². The summed E-state index contributed by atoms with van der Waals surface area (Å²) in [4.78, 5) is 12.1. The zero-order valence-corrected chi connectivity index (χ0v) is 10.8. The van der Waals surface area contributed by atoms with Crippen molar-refractivity contribution in [1.29, 1.82) is 0 Å². The van der Waals surface area contributed by atoms with Gasteiger partial charge in [-0.2, -0.15) is 0 Å². The summed E-state index contributed by atoms with van der Waals surface area (Å²) in [6.45, 7) is 8.74. The molecule has 0 bridgehead atoms. The molecule has 0 aliphatic heterocycles. The maximum atomic E-state index is 4.43. The smallest absolute Gasteiger partial charge is 0.125 e. The fourth-order valence-corrected chi connectivity index (χ4v) is 1.76. The summed E-state index contributed by atoms with van der Waals surface area (Å²) in [6, 6.07) is 4.06. The predicted molar refractivity (Wildman–Crippen MR) is 69.1 cm³/mol. The van der Waals surface area contributed by atoms with Gasteiger partial charge < -0.3 is 10.3 Å². The molecule has 2 aromatic rings. The molecule has 0 saturated carbocycles. The molecule has 4 nitrogen and oxygen atoms in total. The molecule has 2 N–H and O–H groups in total. The average Bonchev–Trinajstić information content (AvgIpc) is 2.57. The number of nitrogens with zero attached hydrogens (tertiary/aromatic N) is 2. The van der Waals surface area contributed by atoms with Gasteiger partial charge in [0.25, 0.3) is 0 Å². The quantitative estimate of drug-likeness (QED) is 0.852. The molecule has 0 saturated heterocycles. The molecule has 0 amide bonds. The van der Waals surface area contributed by atoms with Crippen molar-refractivity contribution in [2.24, 2.45) is 0 Å². The average molecular weight is 230 g/mol. The van der Waals surface area contributed by atoms with Crippen molar-refractivity contribution in [2.75, 3.05) is 5.32 Å². The molecule has 2 heterocycles. The Hall–Kier alpha value is -1.84. The summed E-state index contributed by atoms with van der Waals surface area (Å²) in [5.41, 5.74) is 5.30. The van der Waals surface area contributed by atoms with Crippen molar-refractivity contribution < 1.29 is 0 Å². The first-order valence-corrected chi connectivity index (χ1v) is 5.76. The van der Waals surface area contributed by atoms with Gasteiger partial charge in [0, 0.05) is 11.4 Å². The Labute approximate surface area is 102 Å². The minimum atomic E-state index is 0.695. The number of nitrogens with one attached hydrogen (secondary N) is 2. The van der Waals surface area contributed by atoms with Crippen LogP contribution >= 0.6 is 0 Å². The van der Waals surface area contributed by atoms with E-state index in [0.29, 0.717) is 6.54 Å².